The maximum atomic E-state index is 15.0. The molecule has 0 spiro atoms. The Bertz CT molecular complexity index is 2250. The average Bonchev–Trinajstić information content (AvgIpc) is 3.65. The van der Waals surface area contributed by atoms with E-state index in [1.165, 1.54) is 18.7 Å². The zero-order valence-corrected chi connectivity index (χ0v) is 32.9. The molecule has 57 heavy (non-hydrogen) atoms. The molecule has 306 valence electrons. The molecule has 2 amide bonds. The lowest BCUT2D eigenvalue weighted by molar-refractivity contribution is -0.200. The number of sulfone groups is 1. The van der Waals surface area contributed by atoms with E-state index in [0.717, 1.165) is 30.7 Å². The number of carbonyl (C=O) groups is 3. The molecule has 3 aromatic carbocycles. The molecule has 4 aromatic rings. The van der Waals surface area contributed by atoms with Gasteiger partial charge in [-0.15, -0.1) is 5.06 Å². The zero-order chi connectivity index (χ0) is 41.8. The number of rotatable bonds is 12. The fourth-order valence-corrected chi connectivity index (χ4v) is 7.73. The third-order valence-corrected chi connectivity index (χ3v) is 11.3. The first-order valence-electron chi connectivity index (χ1n) is 18.1. The highest BCUT2D eigenvalue weighted by Gasteiger charge is 2.45. The van der Waals surface area contributed by atoms with Gasteiger partial charge in [-0.05, 0) is 119 Å². The minimum Gasteiger partial charge on any atom is -0.490 e. The van der Waals surface area contributed by atoms with Crippen LogP contribution < -0.4 is 25.6 Å². The highest BCUT2D eigenvalue weighted by atomic mass is 32.2. The minimum atomic E-state index is -5.48. The van der Waals surface area contributed by atoms with Crippen LogP contribution in [0, 0.1) is 0 Å². The summed E-state index contributed by atoms with van der Waals surface area (Å²) in [5.74, 6) is -2.05. The number of nitrogens with two attached hydrogens (primary N) is 1. The number of fused-ring (bicyclic) bond motifs is 1. The van der Waals surface area contributed by atoms with Crippen LogP contribution in [0.15, 0.2) is 71.8 Å². The third-order valence-electron chi connectivity index (χ3n) is 9.11. The highest BCUT2D eigenvalue weighted by Crippen LogP contribution is 2.42. The van der Waals surface area contributed by atoms with Crippen molar-refractivity contribution < 1.29 is 55.0 Å². The highest BCUT2D eigenvalue weighted by molar-refractivity contribution is 7.92. The van der Waals surface area contributed by atoms with Crippen molar-refractivity contribution in [3.05, 3.63) is 78.0 Å². The molecule has 0 saturated carbocycles. The van der Waals surface area contributed by atoms with Crippen molar-refractivity contribution in [1.29, 1.82) is 0 Å². The number of nitrogen functional groups attached to an aromatic ring is 1. The van der Waals surface area contributed by atoms with E-state index in [-0.39, 0.29) is 34.6 Å². The third kappa shape index (κ3) is 9.27. The van der Waals surface area contributed by atoms with Gasteiger partial charge in [-0.2, -0.15) is 13.2 Å². The van der Waals surface area contributed by atoms with Gasteiger partial charge in [0.2, 0.25) is 5.91 Å². The summed E-state index contributed by atoms with van der Waals surface area (Å²) in [5.41, 5.74) is 6.64. The predicted octanol–water partition coefficient (Wildman–Crippen LogP) is 7.30. The monoisotopic (exact) mass is 815 g/mol. The second-order valence-corrected chi connectivity index (χ2v) is 16.1. The van der Waals surface area contributed by atoms with Gasteiger partial charge >= 0.3 is 18.2 Å². The molecular formula is C39H44F3N5O9S. The number of hydrogen-bond donors (Lipinski definition) is 2. The minimum absolute atomic E-state index is 0.00729. The second kappa shape index (κ2) is 17.2. The van der Waals surface area contributed by atoms with Gasteiger partial charge in [0.15, 0.2) is 21.3 Å². The molecule has 2 heterocycles. The van der Waals surface area contributed by atoms with E-state index in [9.17, 15) is 31.2 Å². The number of carbonyl (C=O) groups excluding carboxylic acids is 3. The first-order chi connectivity index (χ1) is 26.9. The van der Waals surface area contributed by atoms with Gasteiger partial charge < -0.3 is 35.0 Å². The number of amides is 2. The standard InChI is InChI=1S/C39H44F3N5O9S/c1-7-54-32-20-25(10-14-31(32)55-22(2)3)34(45-26-11-13-28-24(19-26)16-17-44-35(28)43)36(48)46-18-8-9-30(46)29-21-27(12-15-33(29)57(51,52)23(4)5)47(38(50)53-6)56-37(49)39(40,41)42/h10-17,19-23,30,34,45H,7-9,18H2,1-6H3,(H2,43,44)/t30-,34+/m0/s1. The number of ether oxygens (including phenoxy) is 3. The van der Waals surface area contributed by atoms with E-state index >= 15 is 4.79 Å². The molecule has 18 heteroatoms. The Hall–Kier alpha value is -5.78. The maximum Gasteiger partial charge on any atom is 0.493 e. The van der Waals surface area contributed by atoms with Gasteiger partial charge in [-0.1, -0.05) is 6.07 Å². The molecule has 3 N–H and O–H groups in total. The van der Waals surface area contributed by atoms with Crippen LogP contribution in [0.2, 0.25) is 0 Å². The summed E-state index contributed by atoms with van der Waals surface area (Å²) < 4.78 is 83.9. The van der Waals surface area contributed by atoms with Crippen LogP contribution in [-0.2, 0) is 29.0 Å². The number of likely N-dealkylation sites (tertiary alicyclic amines) is 1. The number of pyridine rings is 1. The van der Waals surface area contributed by atoms with Crippen LogP contribution in [0.1, 0.15) is 70.7 Å². The number of methoxy groups -OCH3 is 1. The Kier molecular flexibility index (Phi) is 12.7. The van der Waals surface area contributed by atoms with Crippen molar-refractivity contribution in [2.24, 2.45) is 0 Å². The van der Waals surface area contributed by atoms with Crippen LogP contribution >= 0.6 is 0 Å². The number of alkyl halides is 3. The van der Waals surface area contributed by atoms with E-state index in [4.69, 9.17) is 15.2 Å². The summed E-state index contributed by atoms with van der Waals surface area (Å²) >= 11 is 0. The van der Waals surface area contributed by atoms with Crippen molar-refractivity contribution in [3.63, 3.8) is 0 Å². The van der Waals surface area contributed by atoms with Crippen LogP contribution in [-0.4, -0.2) is 74.1 Å². The number of hydroxylamine groups is 1. The van der Waals surface area contributed by atoms with E-state index in [1.54, 1.807) is 55.6 Å². The number of anilines is 3. The van der Waals surface area contributed by atoms with Gasteiger partial charge in [0.1, 0.15) is 11.9 Å². The summed E-state index contributed by atoms with van der Waals surface area (Å²) in [6, 6.07) is 13.3. The van der Waals surface area contributed by atoms with E-state index in [1.807, 2.05) is 13.8 Å². The molecule has 0 unspecified atom stereocenters. The molecule has 1 aliphatic rings. The molecule has 0 radical (unpaired) electrons. The Balaban J connectivity index is 1.65. The molecule has 0 bridgehead atoms. The molecule has 2 atom stereocenters. The largest absolute Gasteiger partial charge is 0.493 e. The molecule has 1 aliphatic heterocycles. The van der Waals surface area contributed by atoms with Crippen molar-refractivity contribution >= 4 is 55.8 Å². The fourth-order valence-electron chi connectivity index (χ4n) is 6.44. The average molecular weight is 816 g/mol. The normalized spacial score (nSPS) is 15.1. The lowest BCUT2D eigenvalue weighted by atomic mass is 10.00. The summed E-state index contributed by atoms with van der Waals surface area (Å²) in [6.45, 7) is 8.88. The second-order valence-electron chi connectivity index (χ2n) is 13.7. The number of benzene rings is 3. The number of hydrogen-bond acceptors (Lipinski definition) is 12. The van der Waals surface area contributed by atoms with E-state index in [2.05, 4.69) is 19.9 Å². The number of aromatic nitrogens is 1. The van der Waals surface area contributed by atoms with Gasteiger partial charge in [0, 0.05) is 23.8 Å². The molecule has 1 saturated heterocycles. The molecule has 1 fully saturated rings. The van der Waals surface area contributed by atoms with Gasteiger partial charge in [0.05, 0.1) is 41.7 Å². The summed E-state index contributed by atoms with van der Waals surface area (Å²) in [4.78, 5) is 49.4. The van der Waals surface area contributed by atoms with Gasteiger partial charge in [-0.25, -0.2) is 23.0 Å². The van der Waals surface area contributed by atoms with Crippen LogP contribution in [0.4, 0.5) is 35.2 Å². The fraction of sp³-hybridized carbons (Fsp3) is 0.385. The summed E-state index contributed by atoms with van der Waals surface area (Å²) in [7, 11) is -3.24. The number of nitrogens with one attached hydrogen (secondary N) is 1. The van der Waals surface area contributed by atoms with Crippen molar-refractivity contribution in [2.75, 3.05) is 36.4 Å². The summed E-state index contributed by atoms with van der Waals surface area (Å²) in [6.07, 6.45) is -4.96. The van der Waals surface area contributed by atoms with Gasteiger partial charge in [0.25, 0.3) is 0 Å². The predicted molar refractivity (Wildman–Crippen MR) is 205 cm³/mol. The van der Waals surface area contributed by atoms with Crippen LogP contribution in [0.25, 0.3) is 10.8 Å². The van der Waals surface area contributed by atoms with Crippen molar-refractivity contribution in [3.8, 4) is 11.5 Å². The number of halogens is 3. The molecule has 14 nitrogen and oxygen atoms in total. The zero-order valence-electron chi connectivity index (χ0n) is 32.1. The van der Waals surface area contributed by atoms with Crippen LogP contribution in [0.3, 0.4) is 0 Å². The Morgan fingerprint density at radius 1 is 1.02 bits per heavy atom. The Morgan fingerprint density at radius 3 is 2.40 bits per heavy atom. The maximum absolute atomic E-state index is 15.0. The molecule has 0 aliphatic carbocycles. The first-order valence-corrected chi connectivity index (χ1v) is 19.6. The molecule has 5 rings (SSSR count). The lowest BCUT2D eigenvalue weighted by Gasteiger charge is -2.32. The quantitative estimate of drug-likeness (QED) is 0.137. The topological polar surface area (TPSA) is 180 Å². The van der Waals surface area contributed by atoms with E-state index < -0.39 is 57.0 Å². The lowest BCUT2D eigenvalue weighted by Crippen LogP contribution is -2.39. The van der Waals surface area contributed by atoms with Crippen molar-refractivity contribution in [2.45, 2.75) is 82.0 Å². The summed E-state index contributed by atoms with van der Waals surface area (Å²) in [5, 5.41) is 3.80. The first kappa shape index (κ1) is 42.4. The van der Waals surface area contributed by atoms with Crippen molar-refractivity contribution in [1.82, 2.24) is 9.88 Å². The smallest absolute Gasteiger partial charge is 0.490 e. The SMILES string of the molecule is CCOc1cc([C@@H](Nc2ccc3c(N)nccc3c2)C(=O)N2CCC[C@H]2c2cc(N(OC(=O)C(F)(F)F)C(=O)OC)ccc2S(=O)(=O)C(C)C)ccc1OC(C)C. The Labute approximate surface area is 327 Å². The van der Waals surface area contributed by atoms with E-state index in [0.29, 0.717) is 47.0 Å². The number of nitrogens with zero attached hydrogens (tertiary/aromatic N) is 3. The molecular weight excluding hydrogens is 772 g/mol. The Morgan fingerprint density at radius 2 is 1.75 bits per heavy atom. The van der Waals surface area contributed by atoms with Crippen LogP contribution in [0.5, 0.6) is 11.5 Å². The molecule has 1 aromatic heterocycles. The van der Waals surface area contributed by atoms with Gasteiger partial charge in [-0.3, -0.25) is 4.79 Å².